The zero-order valence-corrected chi connectivity index (χ0v) is 9.05. The summed E-state index contributed by atoms with van der Waals surface area (Å²) in [5.41, 5.74) is 8.49. The normalized spacial score (nSPS) is 23.3. The van der Waals surface area contributed by atoms with E-state index in [1.165, 1.54) is 0 Å². The summed E-state index contributed by atoms with van der Waals surface area (Å²) in [5, 5.41) is 4.06. The van der Waals surface area contributed by atoms with E-state index in [4.69, 9.17) is 10.3 Å². The van der Waals surface area contributed by atoms with Crippen molar-refractivity contribution in [1.29, 1.82) is 0 Å². The zero-order valence-electron chi connectivity index (χ0n) is 9.05. The molecule has 82 valence electrons. The Morgan fingerprint density at radius 2 is 2.25 bits per heavy atom. The van der Waals surface area contributed by atoms with Crippen molar-refractivity contribution >= 4 is 5.88 Å². The first-order valence-electron chi connectivity index (χ1n) is 5.44. The van der Waals surface area contributed by atoms with Crippen molar-refractivity contribution in [3.05, 3.63) is 30.1 Å². The maximum atomic E-state index is 5.82. The second kappa shape index (κ2) is 3.33. The van der Waals surface area contributed by atoms with E-state index in [-0.39, 0.29) is 0 Å². The highest BCUT2D eigenvalue weighted by molar-refractivity contribution is 5.73. The standard InChI is InChI=1S/C12H13N3O/c1-7-6-8(7)11-10(12(13)16-15-11)9-4-2-3-5-14-9/h2-5,7-8H,6,13H2,1H3. The molecule has 0 radical (unpaired) electrons. The van der Waals surface area contributed by atoms with Crippen LogP contribution in [-0.4, -0.2) is 10.1 Å². The molecule has 3 rings (SSSR count). The molecule has 0 spiro atoms. The average molecular weight is 215 g/mol. The minimum absolute atomic E-state index is 0.368. The van der Waals surface area contributed by atoms with E-state index in [2.05, 4.69) is 17.1 Å². The van der Waals surface area contributed by atoms with E-state index < -0.39 is 0 Å². The number of nitrogens with zero attached hydrogens (tertiary/aromatic N) is 2. The van der Waals surface area contributed by atoms with Gasteiger partial charge in [-0.25, -0.2) is 0 Å². The minimum Gasteiger partial charge on any atom is -0.367 e. The zero-order chi connectivity index (χ0) is 11.1. The van der Waals surface area contributed by atoms with Gasteiger partial charge < -0.3 is 10.3 Å². The first-order valence-corrected chi connectivity index (χ1v) is 5.44. The van der Waals surface area contributed by atoms with Gasteiger partial charge in [0.15, 0.2) is 0 Å². The van der Waals surface area contributed by atoms with Crippen molar-refractivity contribution in [3.63, 3.8) is 0 Å². The Morgan fingerprint density at radius 3 is 2.88 bits per heavy atom. The van der Waals surface area contributed by atoms with Crippen molar-refractivity contribution in [2.75, 3.05) is 5.73 Å². The number of aromatic nitrogens is 2. The van der Waals surface area contributed by atoms with Crippen LogP contribution in [0.1, 0.15) is 25.0 Å². The van der Waals surface area contributed by atoms with Gasteiger partial charge in [-0.2, -0.15) is 0 Å². The van der Waals surface area contributed by atoms with Gasteiger partial charge in [-0.3, -0.25) is 4.98 Å². The van der Waals surface area contributed by atoms with Gasteiger partial charge in [0.05, 0.1) is 17.0 Å². The second-order valence-corrected chi connectivity index (χ2v) is 4.34. The maximum Gasteiger partial charge on any atom is 0.231 e. The SMILES string of the molecule is CC1CC1c1noc(N)c1-c1ccccn1. The van der Waals surface area contributed by atoms with Crippen LogP contribution in [-0.2, 0) is 0 Å². The average Bonchev–Trinajstić information content (AvgIpc) is 2.89. The third-order valence-corrected chi connectivity index (χ3v) is 3.13. The smallest absolute Gasteiger partial charge is 0.231 e. The number of nitrogens with two attached hydrogens (primary N) is 1. The van der Waals surface area contributed by atoms with E-state index in [0.29, 0.717) is 17.7 Å². The van der Waals surface area contributed by atoms with Crippen LogP contribution in [0.15, 0.2) is 28.9 Å². The largest absolute Gasteiger partial charge is 0.367 e. The lowest BCUT2D eigenvalue weighted by atomic mass is 10.1. The van der Waals surface area contributed by atoms with E-state index in [1.807, 2.05) is 18.2 Å². The van der Waals surface area contributed by atoms with Crippen LogP contribution in [0.25, 0.3) is 11.3 Å². The van der Waals surface area contributed by atoms with Crippen molar-refractivity contribution in [1.82, 2.24) is 10.1 Å². The molecule has 4 nitrogen and oxygen atoms in total. The molecule has 2 atom stereocenters. The third kappa shape index (κ3) is 1.38. The van der Waals surface area contributed by atoms with E-state index in [9.17, 15) is 0 Å². The third-order valence-electron chi connectivity index (χ3n) is 3.13. The molecule has 2 aromatic rings. The molecule has 0 saturated heterocycles. The Hall–Kier alpha value is -1.84. The molecule has 2 heterocycles. The van der Waals surface area contributed by atoms with Gasteiger partial charge in [0, 0.05) is 12.1 Å². The Labute approximate surface area is 93.5 Å². The molecular weight excluding hydrogens is 202 g/mol. The number of anilines is 1. The minimum atomic E-state index is 0.368. The van der Waals surface area contributed by atoms with Gasteiger partial charge in [-0.05, 0) is 24.5 Å². The quantitative estimate of drug-likeness (QED) is 0.835. The lowest BCUT2D eigenvalue weighted by Gasteiger charge is -1.99. The topological polar surface area (TPSA) is 64.9 Å². The number of hydrogen-bond acceptors (Lipinski definition) is 4. The highest BCUT2D eigenvalue weighted by Crippen LogP contribution is 2.50. The first-order chi connectivity index (χ1) is 7.77. The Balaban J connectivity index is 2.09. The first kappa shape index (κ1) is 9.39. The molecule has 1 aliphatic carbocycles. The highest BCUT2D eigenvalue weighted by Gasteiger charge is 2.39. The molecule has 2 unspecified atom stereocenters. The fourth-order valence-electron chi connectivity index (χ4n) is 2.04. The summed E-state index contributed by atoms with van der Waals surface area (Å²) >= 11 is 0. The van der Waals surface area contributed by atoms with Crippen molar-refractivity contribution < 1.29 is 4.52 Å². The molecule has 0 aliphatic heterocycles. The molecule has 0 amide bonds. The summed E-state index contributed by atoms with van der Waals surface area (Å²) in [4.78, 5) is 4.30. The summed E-state index contributed by atoms with van der Waals surface area (Å²) < 4.78 is 5.09. The van der Waals surface area contributed by atoms with Crippen LogP contribution < -0.4 is 5.73 Å². The summed E-state index contributed by atoms with van der Waals surface area (Å²) in [5.74, 6) is 1.53. The predicted octanol–water partition coefficient (Wildman–Crippen LogP) is 2.44. The number of rotatable bonds is 2. The summed E-state index contributed by atoms with van der Waals surface area (Å²) in [6, 6.07) is 5.75. The van der Waals surface area contributed by atoms with Crippen LogP contribution >= 0.6 is 0 Å². The molecule has 1 aliphatic rings. The van der Waals surface area contributed by atoms with Gasteiger partial charge in [0.2, 0.25) is 5.88 Å². The van der Waals surface area contributed by atoms with Crippen molar-refractivity contribution in [3.8, 4) is 11.3 Å². The number of nitrogen functional groups attached to an aromatic ring is 1. The van der Waals surface area contributed by atoms with Crippen LogP contribution in [0.4, 0.5) is 5.88 Å². The van der Waals surface area contributed by atoms with Crippen LogP contribution in [0.3, 0.4) is 0 Å². The second-order valence-electron chi connectivity index (χ2n) is 4.34. The molecule has 0 bridgehead atoms. The van der Waals surface area contributed by atoms with Crippen molar-refractivity contribution in [2.24, 2.45) is 5.92 Å². The fourth-order valence-corrected chi connectivity index (χ4v) is 2.04. The predicted molar refractivity (Wildman–Crippen MR) is 60.7 cm³/mol. The van der Waals surface area contributed by atoms with Crippen LogP contribution in [0, 0.1) is 5.92 Å². The van der Waals surface area contributed by atoms with E-state index in [1.54, 1.807) is 6.20 Å². The Kier molecular flexibility index (Phi) is 1.96. The van der Waals surface area contributed by atoms with Crippen molar-refractivity contribution in [2.45, 2.75) is 19.3 Å². The van der Waals surface area contributed by atoms with Gasteiger partial charge >= 0.3 is 0 Å². The molecule has 0 aromatic carbocycles. The fraction of sp³-hybridized carbons (Fsp3) is 0.333. The van der Waals surface area contributed by atoms with Gasteiger partial charge in [-0.15, -0.1) is 0 Å². The summed E-state index contributed by atoms with van der Waals surface area (Å²) in [7, 11) is 0. The lowest BCUT2D eigenvalue weighted by Crippen LogP contribution is -1.91. The Bertz CT molecular complexity index is 506. The van der Waals surface area contributed by atoms with Gasteiger partial charge in [-0.1, -0.05) is 18.1 Å². The molecular formula is C12H13N3O. The monoisotopic (exact) mass is 215 g/mol. The molecule has 4 heteroatoms. The highest BCUT2D eigenvalue weighted by atomic mass is 16.5. The molecule has 1 fully saturated rings. The number of hydrogen-bond donors (Lipinski definition) is 1. The summed E-state index contributed by atoms with van der Waals surface area (Å²) in [6.07, 6.45) is 2.91. The maximum absolute atomic E-state index is 5.82. The Morgan fingerprint density at radius 1 is 1.44 bits per heavy atom. The van der Waals surface area contributed by atoms with Crippen LogP contribution in [0.5, 0.6) is 0 Å². The molecule has 1 saturated carbocycles. The molecule has 16 heavy (non-hydrogen) atoms. The van der Waals surface area contributed by atoms with Gasteiger partial charge in [0.25, 0.3) is 0 Å². The van der Waals surface area contributed by atoms with Gasteiger partial charge in [0.1, 0.15) is 0 Å². The molecule has 2 N–H and O–H groups in total. The number of pyridine rings is 1. The summed E-state index contributed by atoms with van der Waals surface area (Å²) in [6.45, 7) is 2.21. The van der Waals surface area contributed by atoms with Crippen LogP contribution in [0.2, 0.25) is 0 Å². The van der Waals surface area contributed by atoms with E-state index >= 15 is 0 Å². The van der Waals surface area contributed by atoms with E-state index in [0.717, 1.165) is 23.4 Å². The lowest BCUT2D eigenvalue weighted by molar-refractivity contribution is 0.427. The molecule has 2 aromatic heterocycles.